The van der Waals surface area contributed by atoms with Crippen LogP contribution in [0, 0.1) is 0 Å². The van der Waals surface area contributed by atoms with Crippen molar-refractivity contribution in [1.82, 2.24) is 9.97 Å². The molecule has 0 saturated carbocycles. The Hall–Kier alpha value is -2.92. The van der Waals surface area contributed by atoms with Gasteiger partial charge in [-0.25, -0.2) is 4.98 Å². The zero-order valence-electron chi connectivity index (χ0n) is 16.0. The molecule has 1 aromatic heterocycles. The summed E-state index contributed by atoms with van der Waals surface area (Å²) in [5.74, 6) is 1.67. The molecule has 0 atom stereocenters. The van der Waals surface area contributed by atoms with E-state index in [2.05, 4.69) is 80.7 Å². The molecule has 1 aliphatic heterocycles. The van der Waals surface area contributed by atoms with E-state index in [1.807, 2.05) is 18.2 Å². The molecule has 0 spiro atoms. The van der Waals surface area contributed by atoms with Crippen molar-refractivity contribution in [3.63, 3.8) is 0 Å². The van der Waals surface area contributed by atoms with Crippen LogP contribution in [0.1, 0.15) is 16.7 Å². The first-order valence-electron chi connectivity index (χ1n) is 9.84. The molecule has 5 rings (SSSR count). The highest BCUT2D eigenvalue weighted by atomic mass is 79.9. The molecule has 0 aliphatic carbocycles. The van der Waals surface area contributed by atoms with E-state index in [1.165, 1.54) is 21.2 Å². The van der Waals surface area contributed by atoms with Crippen molar-refractivity contribution < 1.29 is 0 Å². The molecule has 0 fully saturated rings. The number of halogens is 1. The fraction of sp³-hybridized carbons (Fsp3) is 0.167. The first kappa shape index (κ1) is 18.1. The molecule has 0 amide bonds. The van der Waals surface area contributed by atoms with E-state index >= 15 is 0 Å². The van der Waals surface area contributed by atoms with Gasteiger partial charge in [-0.3, -0.25) is 0 Å². The summed E-state index contributed by atoms with van der Waals surface area (Å²) in [6.07, 6.45) is 0.986. The summed E-state index contributed by atoms with van der Waals surface area (Å²) in [5.41, 5.74) is 4.93. The normalized spacial score (nSPS) is 13.3. The molecule has 1 N–H and O–H groups in total. The number of nitrogens with zero attached hydrogens (tertiary/aromatic N) is 3. The molecule has 2 heterocycles. The SMILES string of the molecule is Brc1cccc2c1CCN(c1nc(NCc3ccccc3)c3ccccc3n1)C2. The van der Waals surface area contributed by atoms with Gasteiger partial charge in [0.15, 0.2) is 0 Å². The summed E-state index contributed by atoms with van der Waals surface area (Å²) < 4.78 is 1.19. The number of rotatable bonds is 4. The number of hydrogen-bond acceptors (Lipinski definition) is 4. The molecule has 1 aliphatic rings. The minimum atomic E-state index is 0.733. The molecule has 4 aromatic rings. The molecule has 0 saturated heterocycles. The van der Waals surface area contributed by atoms with Crippen LogP contribution in [0.4, 0.5) is 11.8 Å². The molecule has 29 heavy (non-hydrogen) atoms. The van der Waals surface area contributed by atoms with Crippen molar-refractivity contribution in [2.75, 3.05) is 16.8 Å². The van der Waals surface area contributed by atoms with Crippen LogP contribution in [-0.4, -0.2) is 16.5 Å². The van der Waals surface area contributed by atoms with Gasteiger partial charge in [-0.15, -0.1) is 0 Å². The van der Waals surface area contributed by atoms with Gasteiger partial charge in [0.1, 0.15) is 5.82 Å². The van der Waals surface area contributed by atoms with Crippen molar-refractivity contribution in [2.45, 2.75) is 19.5 Å². The number of nitrogens with one attached hydrogen (secondary N) is 1. The molecule has 0 unspecified atom stereocenters. The van der Waals surface area contributed by atoms with Crippen molar-refractivity contribution in [1.29, 1.82) is 0 Å². The Labute approximate surface area is 178 Å². The van der Waals surface area contributed by atoms with Crippen molar-refractivity contribution in [3.8, 4) is 0 Å². The average molecular weight is 445 g/mol. The van der Waals surface area contributed by atoms with Crippen molar-refractivity contribution in [3.05, 3.63) is 94.0 Å². The molecule has 0 bridgehead atoms. The fourth-order valence-corrected chi connectivity index (χ4v) is 4.46. The Balaban J connectivity index is 1.48. The van der Waals surface area contributed by atoms with Gasteiger partial charge in [-0.2, -0.15) is 4.98 Å². The summed E-state index contributed by atoms with van der Waals surface area (Å²) in [6.45, 7) is 2.47. The van der Waals surface area contributed by atoms with Gasteiger partial charge in [0.05, 0.1) is 5.52 Å². The lowest BCUT2D eigenvalue weighted by atomic mass is 10.0. The largest absolute Gasteiger partial charge is 0.365 e. The first-order valence-corrected chi connectivity index (χ1v) is 10.6. The quantitative estimate of drug-likeness (QED) is 0.446. The predicted molar refractivity (Wildman–Crippen MR) is 122 cm³/mol. The maximum Gasteiger partial charge on any atom is 0.228 e. The maximum atomic E-state index is 4.93. The Bertz CT molecular complexity index is 1160. The monoisotopic (exact) mass is 444 g/mol. The number of para-hydroxylation sites is 1. The number of aromatic nitrogens is 2. The van der Waals surface area contributed by atoms with E-state index in [-0.39, 0.29) is 0 Å². The van der Waals surface area contributed by atoms with Crippen LogP contribution in [-0.2, 0) is 19.5 Å². The Morgan fingerprint density at radius 3 is 2.62 bits per heavy atom. The number of fused-ring (bicyclic) bond motifs is 2. The summed E-state index contributed by atoms with van der Waals surface area (Å²) in [6, 6.07) is 25.0. The third kappa shape index (κ3) is 3.70. The van der Waals surface area contributed by atoms with E-state index in [0.29, 0.717) is 0 Å². The summed E-state index contributed by atoms with van der Waals surface area (Å²) in [5, 5.41) is 4.57. The van der Waals surface area contributed by atoms with Gasteiger partial charge in [-0.05, 0) is 41.3 Å². The first-order chi connectivity index (χ1) is 14.3. The highest BCUT2D eigenvalue weighted by molar-refractivity contribution is 9.10. The van der Waals surface area contributed by atoms with E-state index < -0.39 is 0 Å². The molecule has 4 nitrogen and oxygen atoms in total. The number of benzene rings is 3. The smallest absolute Gasteiger partial charge is 0.228 e. The van der Waals surface area contributed by atoms with Gasteiger partial charge >= 0.3 is 0 Å². The van der Waals surface area contributed by atoms with Gasteiger partial charge in [0.25, 0.3) is 0 Å². The van der Waals surface area contributed by atoms with E-state index in [9.17, 15) is 0 Å². The Kier molecular flexibility index (Phi) is 4.90. The third-order valence-electron chi connectivity index (χ3n) is 5.39. The van der Waals surface area contributed by atoms with E-state index in [1.54, 1.807) is 0 Å². The number of hydrogen-bond donors (Lipinski definition) is 1. The van der Waals surface area contributed by atoms with Crippen molar-refractivity contribution in [2.24, 2.45) is 0 Å². The van der Waals surface area contributed by atoms with E-state index in [4.69, 9.17) is 9.97 Å². The standard InChI is InChI=1S/C24H21BrN4/c25-21-11-6-9-18-16-29(14-13-19(18)21)24-27-22-12-5-4-10-20(22)23(28-24)26-15-17-7-2-1-3-8-17/h1-12H,13-16H2,(H,26,27,28). The second-order valence-corrected chi connectivity index (χ2v) is 8.13. The summed E-state index contributed by atoms with van der Waals surface area (Å²) in [4.78, 5) is 12.1. The van der Waals surface area contributed by atoms with Crippen LogP contribution in [0.15, 0.2) is 77.3 Å². The maximum absolute atomic E-state index is 4.93. The average Bonchev–Trinajstić information content (AvgIpc) is 2.78. The topological polar surface area (TPSA) is 41.1 Å². The lowest BCUT2D eigenvalue weighted by Gasteiger charge is -2.30. The van der Waals surface area contributed by atoms with Gasteiger partial charge in [0, 0.05) is 29.5 Å². The van der Waals surface area contributed by atoms with Crippen LogP contribution in [0.3, 0.4) is 0 Å². The van der Waals surface area contributed by atoms with Crippen LogP contribution in [0.5, 0.6) is 0 Å². The molecular formula is C24H21BrN4. The lowest BCUT2D eigenvalue weighted by molar-refractivity contribution is 0.708. The van der Waals surface area contributed by atoms with Gasteiger partial charge in [-0.1, -0.05) is 70.5 Å². The van der Waals surface area contributed by atoms with Gasteiger partial charge in [0.2, 0.25) is 5.95 Å². The molecule has 144 valence electrons. The van der Waals surface area contributed by atoms with Crippen LogP contribution in [0.25, 0.3) is 10.9 Å². The highest BCUT2D eigenvalue weighted by Gasteiger charge is 2.21. The fourth-order valence-electron chi connectivity index (χ4n) is 3.86. The van der Waals surface area contributed by atoms with Crippen molar-refractivity contribution >= 4 is 38.6 Å². The summed E-state index contributed by atoms with van der Waals surface area (Å²) in [7, 11) is 0. The van der Waals surface area contributed by atoms with E-state index in [0.717, 1.165) is 48.7 Å². The number of anilines is 2. The predicted octanol–water partition coefficient (Wildman–Crippen LogP) is 5.57. The lowest BCUT2D eigenvalue weighted by Crippen LogP contribution is -2.32. The highest BCUT2D eigenvalue weighted by Crippen LogP contribution is 2.30. The van der Waals surface area contributed by atoms with Gasteiger partial charge < -0.3 is 10.2 Å². The molecule has 0 radical (unpaired) electrons. The second kappa shape index (κ2) is 7.84. The Morgan fingerprint density at radius 2 is 1.72 bits per heavy atom. The van der Waals surface area contributed by atoms with Crippen LogP contribution < -0.4 is 10.2 Å². The second-order valence-electron chi connectivity index (χ2n) is 7.28. The van der Waals surface area contributed by atoms with Crippen LogP contribution >= 0.6 is 15.9 Å². The zero-order chi connectivity index (χ0) is 19.6. The molecule has 3 aromatic carbocycles. The summed E-state index contributed by atoms with van der Waals surface area (Å²) >= 11 is 3.69. The third-order valence-corrected chi connectivity index (χ3v) is 6.13. The molecule has 5 heteroatoms. The Morgan fingerprint density at radius 1 is 0.897 bits per heavy atom. The molecular weight excluding hydrogens is 424 g/mol. The minimum absolute atomic E-state index is 0.733. The van der Waals surface area contributed by atoms with Crippen LogP contribution in [0.2, 0.25) is 0 Å². The zero-order valence-corrected chi connectivity index (χ0v) is 17.6. The minimum Gasteiger partial charge on any atom is -0.365 e.